The van der Waals surface area contributed by atoms with Gasteiger partial charge in [-0.15, -0.1) is 0 Å². The van der Waals surface area contributed by atoms with Crippen LogP contribution in [0.2, 0.25) is 5.02 Å². The number of hydrogen-bond donors (Lipinski definition) is 1. The van der Waals surface area contributed by atoms with Crippen LogP contribution in [0.25, 0.3) is 11.0 Å². The average molecular weight is 453 g/mol. The first kappa shape index (κ1) is 21.0. The summed E-state index contributed by atoms with van der Waals surface area (Å²) in [6.07, 6.45) is 3.53. The quantitative estimate of drug-likeness (QED) is 0.457. The zero-order valence-corrected chi connectivity index (χ0v) is 18.5. The van der Waals surface area contributed by atoms with E-state index in [1.807, 2.05) is 16.7 Å². The lowest BCUT2D eigenvalue weighted by atomic mass is 10.0. The summed E-state index contributed by atoms with van der Waals surface area (Å²) >= 11 is 6.05. The molecule has 0 atom stereocenters. The number of aromatic amines is 1. The number of imidazole rings is 1. The molecule has 7 nitrogen and oxygen atoms in total. The molecular weight excluding hydrogens is 428 g/mol. The second-order valence-electron chi connectivity index (χ2n) is 8.55. The molecule has 32 heavy (non-hydrogen) atoms. The fourth-order valence-corrected chi connectivity index (χ4v) is 5.09. The van der Waals surface area contributed by atoms with Gasteiger partial charge in [0.1, 0.15) is 0 Å². The summed E-state index contributed by atoms with van der Waals surface area (Å²) in [6, 6.07) is 12.7. The third-order valence-corrected chi connectivity index (χ3v) is 6.82. The van der Waals surface area contributed by atoms with Crippen LogP contribution in [0.4, 0.5) is 0 Å². The molecule has 2 aliphatic heterocycles. The number of hydrogen-bond acceptors (Lipinski definition) is 4. The number of unbranched alkanes of at least 4 members (excludes halogenated alkanes) is 1. The van der Waals surface area contributed by atoms with Crippen molar-refractivity contribution in [1.82, 2.24) is 19.4 Å². The van der Waals surface area contributed by atoms with Gasteiger partial charge in [0, 0.05) is 30.7 Å². The molecule has 2 amide bonds. The van der Waals surface area contributed by atoms with Crippen LogP contribution in [0.15, 0.2) is 47.3 Å². The lowest BCUT2D eigenvalue weighted by Gasteiger charge is -2.32. The van der Waals surface area contributed by atoms with E-state index in [1.54, 1.807) is 30.3 Å². The van der Waals surface area contributed by atoms with E-state index in [1.165, 1.54) is 4.90 Å². The molecule has 0 aliphatic carbocycles. The van der Waals surface area contributed by atoms with Crippen LogP contribution >= 0.6 is 11.6 Å². The van der Waals surface area contributed by atoms with Gasteiger partial charge >= 0.3 is 5.69 Å². The maximum atomic E-state index is 12.5. The van der Waals surface area contributed by atoms with E-state index in [-0.39, 0.29) is 23.5 Å². The smallest absolute Gasteiger partial charge is 0.305 e. The summed E-state index contributed by atoms with van der Waals surface area (Å²) in [5.41, 5.74) is 2.61. The predicted molar refractivity (Wildman–Crippen MR) is 123 cm³/mol. The monoisotopic (exact) mass is 452 g/mol. The molecule has 1 N–H and O–H groups in total. The molecule has 8 heteroatoms. The van der Waals surface area contributed by atoms with Crippen molar-refractivity contribution in [3.63, 3.8) is 0 Å². The summed E-state index contributed by atoms with van der Waals surface area (Å²) in [5, 5.41) is 0.613. The molecule has 2 aliphatic rings. The van der Waals surface area contributed by atoms with E-state index in [4.69, 9.17) is 11.6 Å². The van der Waals surface area contributed by atoms with Crippen LogP contribution in [-0.4, -0.2) is 57.3 Å². The first-order valence-corrected chi connectivity index (χ1v) is 11.5. The molecule has 0 saturated carbocycles. The normalized spacial score (nSPS) is 17.5. The van der Waals surface area contributed by atoms with Crippen molar-refractivity contribution in [2.24, 2.45) is 0 Å². The van der Waals surface area contributed by atoms with E-state index in [9.17, 15) is 14.4 Å². The lowest BCUT2D eigenvalue weighted by molar-refractivity contribution is 0.0649. The van der Waals surface area contributed by atoms with Gasteiger partial charge in [-0.1, -0.05) is 23.7 Å². The molecule has 0 unspecified atom stereocenters. The number of nitrogens with one attached hydrogen (secondary N) is 1. The van der Waals surface area contributed by atoms with Gasteiger partial charge < -0.3 is 9.88 Å². The molecular formula is C24H25ClN4O3. The Morgan fingerprint density at radius 3 is 2.25 bits per heavy atom. The average Bonchev–Trinajstić information content (AvgIpc) is 3.25. The summed E-state index contributed by atoms with van der Waals surface area (Å²) in [5.74, 6) is -0.367. The van der Waals surface area contributed by atoms with E-state index >= 15 is 0 Å². The van der Waals surface area contributed by atoms with Gasteiger partial charge in [-0.2, -0.15) is 0 Å². The van der Waals surface area contributed by atoms with Gasteiger partial charge in [-0.3, -0.25) is 19.1 Å². The van der Waals surface area contributed by atoms with Gasteiger partial charge in [0.25, 0.3) is 11.8 Å². The Labute approximate surface area is 190 Å². The number of aromatic nitrogens is 2. The van der Waals surface area contributed by atoms with Crippen molar-refractivity contribution in [1.29, 1.82) is 0 Å². The molecule has 1 fully saturated rings. The molecule has 166 valence electrons. The Bertz CT molecular complexity index is 1200. The molecule has 5 rings (SSSR count). The maximum Gasteiger partial charge on any atom is 0.326 e. The number of nitrogens with zero attached hydrogens (tertiary/aromatic N) is 3. The number of imide groups is 1. The summed E-state index contributed by atoms with van der Waals surface area (Å²) in [4.78, 5) is 44.1. The third-order valence-electron chi connectivity index (χ3n) is 6.59. The molecule has 0 radical (unpaired) electrons. The van der Waals surface area contributed by atoms with Gasteiger partial charge in [0.15, 0.2) is 0 Å². The molecule has 0 bridgehead atoms. The molecule has 3 heterocycles. The number of fused-ring (bicyclic) bond motifs is 2. The predicted octanol–water partition coefficient (Wildman–Crippen LogP) is 3.70. The van der Waals surface area contributed by atoms with Crippen molar-refractivity contribution < 1.29 is 9.59 Å². The topological polar surface area (TPSA) is 78.4 Å². The number of halogens is 1. The van der Waals surface area contributed by atoms with E-state index in [2.05, 4.69) is 9.88 Å². The Morgan fingerprint density at radius 2 is 1.56 bits per heavy atom. The maximum absolute atomic E-state index is 12.5. The highest BCUT2D eigenvalue weighted by Gasteiger charge is 2.34. The van der Waals surface area contributed by atoms with Crippen molar-refractivity contribution >= 4 is 34.4 Å². The van der Waals surface area contributed by atoms with Crippen molar-refractivity contribution in [2.45, 2.75) is 31.7 Å². The first-order chi connectivity index (χ1) is 15.5. The number of rotatable bonds is 6. The minimum absolute atomic E-state index is 0.0818. The van der Waals surface area contributed by atoms with E-state index < -0.39 is 0 Å². The van der Waals surface area contributed by atoms with Crippen molar-refractivity contribution in [3.05, 3.63) is 69.1 Å². The minimum atomic E-state index is -0.183. The highest BCUT2D eigenvalue weighted by Crippen LogP contribution is 2.27. The van der Waals surface area contributed by atoms with Crippen LogP contribution in [-0.2, 0) is 0 Å². The number of likely N-dealkylation sites (tertiary alicyclic amines) is 1. The highest BCUT2D eigenvalue weighted by atomic mass is 35.5. The van der Waals surface area contributed by atoms with Crippen molar-refractivity contribution in [3.8, 4) is 0 Å². The van der Waals surface area contributed by atoms with Gasteiger partial charge in [-0.05, 0) is 62.6 Å². The summed E-state index contributed by atoms with van der Waals surface area (Å²) in [6.45, 7) is 3.22. The van der Waals surface area contributed by atoms with Crippen LogP contribution in [0, 0.1) is 0 Å². The molecule has 2 aromatic carbocycles. The number of carbonyl (C=O) groups excluding carboxylic acids is 2. The van der Waals surface area contributed by atoms with Crippen molar-refractivity contribution in [2.75, 3.05) is 26.2 Å². The lowest BCUT2D eigenvalue weighted by Crippen LogP contribution is -2.37. The van der Waals surface area contributed by atoms with Crippen LogP contribution < -0.4 is 5.69 Å². The number of amides is 2. The second kappa shape index (κ2) is 8.56. The second-order valence-corrected chi connectivity index (χ2v) is 8.99. The highest BCUT2D eigenvalue weighted by molar-refractivity contribution is 6.31. The summed E-state index contributed by atoms with van der Waals surface area (Å²) in [7, 11) is 0. The molecule has 0 spiro atoms. The minimum Gasteiger partial charge on any atom is -0.305 e. The third kappa shape index (κ3) is 3.76. The zero-order chi connectivity index (χ0) is 22.2. The molecule has 1 saturated heterocycles. The van der Waals surface area contributed by atoms with E-state index in [0.717, 1.165) is 56.4 Å². The SMILES string of the molecule is O=C1c2ccccc2C(=O)N1CCCCN1CCC(n2c(=O)[nH]c3cc(Cl)ccc32)CC1. The largest absolute Gasteiger partial charge is 0.326 e. The first-order valence-electron chi connectivity index (χ1n) is 11.1. The number of carbonyl (C=O) groups is 2. The Hall–Kier alpha value is -2.90. The van der Waals surface area contributed by atoms with Crippen LogP contribution in [0.1, 0.15) is 52.4 Å². The number of piperidine rings is 1. The van der Waals surface area contributed by atoms with Gasteiger partial charge in [0.05, 0.1) is 22.2 Å². The zero-order valence-electron chi connectivity index (χ0n) is 17.7. The fourth-order valence-electron chi connectivity index (χ4n) is 4.91. The van der Waals surface area contributed by atoms with Crippen LogP contribution in [0.3, 0.4) is 0 Å². The van der Waals surface area contributed by atoms with Gasteiger partial charge in [-0.25, -0.2) is 4.79 Å². The summed E-state index contributed by atoms with van der Waals surface area (Å²) < 4.78 is 1.87. The fraction of sp³-hybridized carbons (Fsp3) is 0.375. The molecule has 1 aromatic heterocycles. The number of benzene rings is 2. The van der Waals surface area contributed by atoms with Gasteiger partial charge in [0.2, 0.25) is 0 Å². The number of H-pyrrole nitrogens is 1. The standard InChI is InChI=1S/C24H25ClN4O3/c25-16-7-8-21-20(15-16)26-24(32)29(21)17-9-13-27(14-10-17)11-3-4-12-28-22(30)18-5-1-2-6-19(18)23(28)31/h1-2,5-8,15,17H,3-4,9-14H2,(H,26,32). The Kier molecular flexibility index (Phi) is 5.61. The molecule has 3 aromatic rings. The van der Waals surface area contributed by atoms with Crippen LogP contribution in [0.5, 0.6) is 0 Å². The Morgan fingerprint density at radius 1 is 0.906 bits per heavy atom. The van der Waals surface area contributed by atoms with E-state index in [0.29, 0.717) is 22.7 Å². The Balaban J connectivity index is 1.11.